The van der Waals surface area contributed by atoms with Crippen LogP contribution in [0, 0.1) is 5.82 Å². The summed E-state index contributed by atoms with van der Waals surface area (Å²) in [5.41, 5.74) is 0. The predicted octanol–water partition coefficient (Wildman–Crippen LogP) is 2.24. The van der Waals surface area contributed by atoms with Crippen LogP contribution in [0.25, 0.3) is 0 Å². The molecule has 0 aliphatic carbocycles. The molecule has 2 heterocycles. The number of rotatable bonds is 5. The van der Waals surface area contributed by atoms with Crippen molar-refractivity contribution in [3.05, 3.63) is 41.8 Å². The lowest BCUT2D eigenvalue weighted by molar-refractivity contribution is 0.0711. The molecule has 1 aromatic heterocycles. The summed E-state index contributed by atoms with van der Waals surface area (Å²) in [7, 11) is -3.60. The summed E-state index contributed by atoms with van der Waals surface area (Å²) in [6.45, 7) is 1.32. The van der Waals surface area contributed by atoms with Gasteiger partial charge in [0.2, 0.25) is 0 Å². The molecule has 26 heavy (non-hydrogen) atoms. The largest absolute Gasteiger partial charge is 0.334 e. The number of sulfone groups is 1. The van der Waals surface area contributed by atoms with E-state index in [2.05, 4.69) is 10.1 Å². The van der Waals surface area contributed by atoms with E-state index in [9.17, 15) is 17.6 Å². The van der Waals surface area contributed by atoms with E-state index in [1.807, 2.05) is 0 Å². The van der Waals surface area contributed by atoms with Crippen LogP contribution in [0.4, 0.5) is 4.39 Å². The monoisotopic (exact) mass is 381 g/mol. The van der Waals surface area contributed by atoms with E-state index in [1.165, 1.54) is 12.1 Å². The smallest absolute Gasteiger partial charge is 0.316 e. The fraction of sp³-hybridized carbons (Fsp3) is 0.471. The number of hydrogen-bond acceptors (Lipinski definition) is 6. The predicted molar refractivity (Wildman–Crippen MR) is 90.8 cm³/mol. The highest BCUT2D eigenvalue weighted by Gasteiger charge is 2.24. The van der Waals surface area contributed by atoms with E-state index in [1.54, 1.807) is 4.90 Å². The Balaban J connectivity index is 1.63. The van der Waals surface area contributed by atoms with Gasteiger partial charge in [0.1, 0.15) is 5.82 Å². The average Bonchev–Trinajstić information content (AvgIpc) is 2.93. The van der Waals surface area contributed by atoms with Crippen molar-refractivity contribution in [1.29, 1.82) is 0 Å². The van der Waals surface area contributed by atoms with E-state index < -0.39 is 15.7 Å². The summed E-state index contributed by atoms with van der Waals surface area (Å²) in [5.74, 6) is -1.02. The number of aromatic nitrogens is 2. The van der Waals surface area contributed by atoms with Gasteiger partial charge in [-0.15, -0.1) is 0 Å². The zero-order valence-electron chi connectivity index (χ0n) is 14.2. The summed E-state index contributed by atoms with van der Waals surface area (Å²) < 4.78 is 42.4. The molecule has 0 bridgehead atoms. The molecule has 0 N–H and O–H groups in total. The molecule has 0 spiro atoms. The lowest BCUT2D eigenvalue weighted by Gasteiger charge is -2.17. The van der Waals surface area contributed by atoms with Gasteiger partial charge in [0.15, 0.2) is 15.7 Å². The van der Waals surface area contributed by atoms with Gasteiger partial charge in [-0.1, -0.05) is 18.0 Å². The molecule has 9 heteroatoms. The maximum atomic E-state index is 12.9. The van der Waals surface area contributed by atoms with Gasteiger partial charge in [0.25, 0.3) is 0 Å². The Labute approximate surface area is 151 Å². The van der Waals surface area contributed by atoms with Gasteiger partial charge in [0, 0.05) is 19.5 Å². The van der Waals surface area contributed by atoms with Crippen molar-refractivity contribution in [2.75, 3.05) is 18.8 Å². The Morgan fingerprint density at radius 3 is 2.42 bits per heavy atom. The third kappa shape index (κ3) is 4.46. The second-order valence-corrected chi connectivity index (χ2v) is 8.35. The topological polar surface area (TPSA) is 93.4 Å². The normalized spacial score (nSPS) is 15.7. The second kappa shape index (κ2) is 7.94. The van der Waals surface area contributed by atoms with Crippen molar-refractivity contribution in [1.82, 2.24) is 15.0 Å². The summed E-state index contributed by atoms with van der Waals surface area (Å²) in [5, 5.41) is 3.71. The number of carbonyl (C=O) groups excluding carboxylic acids is 1. The van der Waals surface area contributed by atoms with Crippen LogP contribution in [-0.2, 0) is 16.3 Å². The molecule has 2 aromatic rings. The van der Waals surface area contributed by atoms with Gasteiger partial charge in [-0.05, 0) is 37.1 Å². The number of hydrogen-bond donors (Lipinski definition) is 0. The van der Waals surface area contributed by atoms with Gasteiger partial charge in [-0.25, -0.2) is 12.8 Å². The van der Waals surface area contributed by atoms with Crippen LogP contribution in [0.15, 0.2) is 33.7 Å². The first-order valence-corrected chi connectivity index (χ1v) is 10.2. The molecule has 7 nitrogen and oxygen atoms in total. The maximum absolute atomic E-state index is 12.9. The lowest BCUT2D eigenvalue weighted by Crippen LogP contribution is -2.32. The van der Waals surface area contributed by atoms with Crippen LogP contribution in [0.3, 0.4) is 0 Å². The Bertz CT molecular complexity index is 856. The minimum absolute atomic E-state index is 0.0104. The van der Waals surface area contributed by atoms with Gasteiger partial charge in [0.05, 0.1) is 10.6 Å². The molecule has 1 aliphatic heterocycles. The average molecular weight is 381 g/mol. The first-order valence-electron chi connectivity index (χ1n) is 8.56. The van der Waals surface area contributed by atoms with Gasteiger partial charge in [-0.3, -0.25) is 4.79 Å². The molecule has 0 atom stereocenters. The van der Waals surface area contributed by atoms with E-state index >= 15 is 0 Å². The number of likely N-dealkylation sites (tertiary alicyclic amines) is 1. The fourth-order valence-corrected chi connectivity index (χ4v) is 4.07. The zero-order chi connectivity index (χ0) is 18.6. The van der Waals surface area contributed by atoms with Crippen LogP contribution in [0.2, 0.25) is 0 Å². The summed E-state index contributed by atoms with van der Waals surface area (Å²) in [6.07, 6.45) is 4.10. The second-order valence-electron chi connectivity index (χ2n) is 6.24. The van der Waals surface area contributed by atoms with Crippen LogP contribution < -0.4 is 0 Å². The van der Waals surface area contributed by atoms with E-state index in [0.717, 1.165) is 37.8 Å². The van der Waals surface area contributed by atoms with E-state index in [-0.39, 0.29) is 34.7 Å². The third-order valence-corrected chi connectivity index (χ3v) is 6.04. The molecule has 1 saturated heterocycles. The Morgan fingerprint density at radius 2 is 1.77 bits per heavy atom. The zero-order valence-corrected chi connectivity index (χ0v) is 15.0. The standard InChI is InChI=1S/C17H20FN3O4S/c18-13-5-7-14(8-6-13)26(23,24)12-9-15-19-16(25-20-15)17(22)21-10-3-1-2-4-11-21/h5-8H,1-4,9-12H2. The Morgan fingerprint density at radius 1 is 1.12 bits per heavy atom. The molecular formula is C17H20FN3O4S. The first-order chi connectivity index (χ1) is 12.5. The lowest BCUT2D eigenvalue weighted by atomic mass is 10.2. The molecule has 1 fully saturated rings. The van der Waals surface area contributed by atoms with Gasteiger partial charge in [-0.2, -0.15) is 4.98 Å². The third-order valence-electron chi connectivity index (χ3n) is 4.31. The molecule has 3 rings (SSSR count). The molecule has 0 radical (unpaired) electrons. The van der Waals surface area contributed by atoms with Crippen molar-refractivity contribution >= 4 is 15.7 Å². The highest BCUT2D eigenvalue weighted by molar-refractivity contribution is 7.91. The Hall–Kier alpha value is -2.29. The summed E-state index contributed by atoms with van der Waals surface area (Å²) in [4.78, 5) is 18.2. The summed E-state index contributed by atoms with van der Waals surface area (Å²) in [6, 6.07) is 4.63. The highest BCUT2D eigenvalue weighted by atomic mass is 32.2. The fourth-order valence-electron chi connectivity index (χ4n) is 2.84. The molecule has 0 saturated carbocycles. The molecule has 1 aliphatic rings. The van der Waals surface area contributed by atoms with Crippen LogP contribution in [-0.4, -0.2) is 48.2 Å². The summed E-state index contributed by atoms with van der Waals surface area (Å²) >= 11 is 0. The van der Waals surface area contributed by atoms with Crippen molar-refractivity contribution in [2.45, 2.75) is 37.0 Å². The molecule has 140 valence electrons. The minimum atomic E-state index is -3.60. The van der Waals surface area contributed by atoms with Gasteiger partial charge < -0.3 is 9.42 Å². The molecule has 1 aromatic carbocycles. The van der Waals surface area contributed by atoms with Crippen molar-refractivity contribution < 1.29 is 22.1 Å². The SMILES string of the molecule is O=C(c1nc(CCS(=O)(=O)c2ccc(F)cc2)no1)N1CCCCCC1. The van der Waals surface area contributed by atoms with Crippen molar-refractivity contribution in [3.8, 4) is 0 Å². The number of nitrogens with zero attached hydrogens (tertiary/aromatic N) is 3. The highest BCUT2D eigenvalue weighted by Crippen LogP contribution is 2.15. The molecule has 0 unspecified atom stereocenters. The number of benzene rings is 1. The van der Waals surface area contributed by atoms with Gasteiger partial charge >= 0.3 is 11.8 Å². The number of aryl methyl sites for hydroxylation is 1. The van der Waals surface area contributed by atoms with E-state index in [0.29, 0.717) is 13.1 Å². The van der Waals surface area contributed by atoms with Crippen molar-refractivity contribution in [2.24, 2.45) is 0 Å². The molecule has 1 amide bonds. The maximum Gasteiger partial charge on any atom is 0.316 e. The van der Waals surface area contributed by atoms with Crippen LogP contribution >= 0.6 is 0 Å². The first kappa shape index (κ1) is 18.5. The van der Waals surface area contributed by atoms with Crippen LogP contribution in [0.5, 0.6) is 0 Å². The minimum Gasteiger partial charge on any atom is -0.334 e. The Kier molecular flexibility index (Phi) is 5.65. The molecular weight excluding hydrogens is 361 g/mol. The number of amides is 1. The quantitative estimate of drug-likeness (QED) is 0.738. The van der Waals surface area contributed by atoms with E-state index in [4.69, 9.17) is 4.52 Å². The number of carbonyl (C=O) groups is 1. The number of halogens is 1. The van der Waals surface area contributed by atoms with Crippen LogP contribution in [0.1, 0.15) is 42.2 Å². The van der Waals surface area contributed by atoms with Crippen molar-refractivity contribution in [3.63, 3.8) is 0 Å².